The molecular weight excluding hydrogens is 342 g/mol. The number of aromatic nitrogens is 2. The third-order valence-corrected chi connectivity index (χ3v) is 7.56. The van der Waals surface area contributed by atoms with E-state index < -0.39 is 17.9 Å². The van der Waals surface area contributed by atoms with E-state index in [9.17, 15) is 8.42 Å². The molecule has 1 aliphatic heterocycles. The van der Waals surface area contributed by atoms with E-state index in [0.29, 0.717) is 31.0 Å². The van der Waals surface area contributed by atoms with Crippen molar-refractivity contribution < 1.29 is 13.2 Å². The van der Waals surface area contributed by atoms with Crippen molar-refractivity contribution in [3.05, 3.63) is 18.3 Å². The highest BCUT2D eigenvalue weighted by molar-refractivity contribution is 7.91. The number of nitrogens with one attached hydrogen (secondary N) is 1. The summed E-state index contributed by atoms with van der Waals surface area (Å²) in [7, 11) is -4.45. The minimum absolute atomic E-state index is 0.138. The van der Waals surface area contributed by atoms with Crippen LogP contribution in [0.5, 0.6) is 0 Å². The second kappa shape index (κ2) is 6.49. The zero-order valence-corrected chi connectivity index (χ0v) is 16.3. The molecule has 0 atom stereocenters. The predicted molar refractivity (Wildman–Crippen MR) is 99.0 cm³/mol. The van der Waals surface area contributed by atoms with Gasteiger partial charge in [-0.15, -0.1) is 0 Å². The molecule has 2 aromatic heterocycles. The lowest BCUT2D eigenvalue weighted by atomic mass is 10.3. The van der Waals surface area contributed by atoms with Crippen molar-refractivity contribution >= 4 is 34.6 Å². The van der Waals surface area contributed by atoms with Crippen LogP contribution >= 0.6 is 0 Å². The Morgan fingerprint density at radius 1 is 1.38 bits per heavy atom. The summed E-state index contributed by atoms with van der Waals surface area (Å²) in [5.41, 5.74) is 1.27. The van der Waals surface area contributed by atoms with Gasteiger partial charge in [0.15, 0.2) is 14.9 Å². The van der Waals surface area contributed by atoms with Crippen LogP contribution in [0.4, 0.5) is 5.69 Å². The highest BCUT2D eigenvalue weighted by Gasteiger charge is 2.24. The van der Waals surface area contributed by atoms with Gasteiger partial charge >= 0.3 is 0 Å². The molecule has 6 nitrogen and oxygen atoms in total. The summed E-state index contributed by atoms with van der Waals surface area (Å²) < 4.78 is 32.5. The first-order valence-electron chi connectivity index (χ1n) is 8.31. The van der Waals surface area contributed by atoms with Crippen molar-refractivity contribution in [3.63, 3.8) is 0 Å². The van der Waals surface area contributed by atoms with Crippen LogP contribution < -0.4 is 5.32 Å². The molecule has 0 saturated carbocycles. The Labute approximate surface area is 144 Å². The van der Waals surface area contributed by atoms with Crippen molar-refractivity contribution in [2.75, 3.05) is 24.2 Å². The van der Waals surface area contributed by atoms with E-state index in [1.165, 1.54) is 0 Å². The zero-order chi connectivity index (χ0) is 17.4. The molecule has 0 spiro atoms. The average Bonchev–Trinajstić information content (AvgIpc) is 2.81. The Morgan fingerprint density at radius 2 is 2.17 bits per heavy atom. The summed E-state index contributed by atoms with van der Waals surface area (Å²) in [6.45, 7) is 8.72. The monoisotopic (exact) mass is 367 g/mol. The molecule has 0 amide bonds. The Hall–Kier alpha value is -1.38. The fourth-order valence-electron chi connectivity index (χ4n) is 2.69. The maximum absolute atomic E-state index is 12.4. The van der Waals surface area contributed by atoms with Gasteiger partial charge in [0.1, 0.15) is 12.4 Å². The van der Waals surface area contributed by atoms with E-state index >= 15 is 0 Å². The molecule has 2 aromatic rings. The van der Waals surface area contributed by atoms with Crippen LogP contribution in [0.2, 0.25) is 25.7 Å². The summed E-state index contributed by atoms with van der Waals surface area (Å²) in [5.74, 6) is 0.138. The highest BCUT2D eigenvalue weighted by Crippen LogP contribution is 2.28. The number of ether oxygens (including phenoxy) is 1. The van der Waals surface area contributed by atoms with E-state index in [4.69, 9.17) is 4.74 Å². The largest absolute Gasteiger partial charge is 0.383 e. The van der Waals surface area contributed by atoms with Crippen LogP contribution in [-0.2, 0) is 21.3 Å². The van der Waals surface area contributed by atoms with E-state index in [1.54, 1.807) is 0 Å². The lowest BCUT2D eigenvalue weighted by Gasteiger charge is -2.15. The summed E-state index contributed by atoms with van der Waals surface area (Å²) in [5, 5.41) is 4.26. The smallest absolute Gasteiger partial charge is 0.197 e. The minimum Gasteiger partial charge on any atom is -0.383 e. The molecular formula is C16H25N3O3SSi. The van der Waals surface area contributed by atoms with Gasteiger partial charge in [-0.1, -0.05) is 19.6 Å². The average molecular weight is 368 g/mol. The topological polar surface area (TPSA) is 73.2 Å². The molecule has 132 valence electrons. The molecule has 8 heteroatoms. The number of sulfone groups is 1. The first kappa shape index (κ1) is 17.4. The van der Waals surface area contributed by atoms with Crippen molar-refractivity contribution in [3.8, 4) is 0 Å². The van der Waals surface area contributed by atoms with Crippen LogP contribution in [0, 0.1) is 0 Å². The Morgan fingerprint density at radius 3 is 2.92 bits per heavy atom. The van der Waals surface area contributed by atoms with Crippen LogP contribution in [0.1, 0.15) is 6.42 Å². The molecule has 0 fully saturated rings. The fraction of sp³-hybridized carbons (Fsp3) is 0.562. The molecule has 0 aliphatic carbocycles. The number of fused-ring (bicyclic) bond motifs is 2. The predicted octanol–water partition coefficient (Wildman–Crippen LogP) is 2.94. The van der Waals surface area contributed by atoms with Crippen LogP contribution in [0.25, 0.3) is 11.0 Å². The van der Waals surface area contributed by atoms with Gasteiger partial charge in [-0.3, -0.25) is 0 Å². The van der Waals surface area contributed by atoms with Gasteiger partial charge in [0.25, 0.3) is 0 Å². The number of anilines is 1. The van der Waals surface area contributed by atoms with Crippen molar-refractivity contribution in [2.45, 2.75) is 43.9 Å². The minimum atomic E-state index is -3.33. The van der Waals surface area contributed by atoms with Crippen molar-refractivity contribution in [1.29, 1.82) is 0 Å². The normalized spacial score (nSPS) is 17.3. The lowest BCUT2D eigenvalue weighted by Crippen LogP contribution is -2.22. The molecule has 0 saturated heterocycles. The third kappa shape index (κ3) is 3.81. The summed E-state index contributed by atoms with van der Waals surface area (Å²) in [6, 6.07) is 4.93. The molecule has 3 rings (SSSR count). The molecule has 0 radical (unpaired) electrons. The van der Waals surface area contributed by atoms with Gasteiger partial charge in [-0.05, 0) is 24.6 Å². The van der Waals surface area contributed by atoms with Gasteiger partial charge < -0.3 is 14.6 Å². The van der Waals surface area contributed by atoms with Gasteiger partial charge in [0.05, 0.1) is 11.4 Å². The van der Waals surface area contributed by atoms with Crippen molar-refractivity contribution in [1.82, 2.24) is 9.55 Å². The number of nitrogens with zero attached hydrogens (tertiary/aromatic N) is 2. The molecule has 3 heterocycles. The summed E-state index contributed by atoms with van der Waals surface area (Å²) >= 11 is 0. The molecule has 1 N–H and O–H groups in total. The molecule has 0 aromatic carbocycles. The van der Waals surface area contributed by atoms with Crippen LogP contribution in [0.3, 0.4) is 0 Å². The summed E-state index contributed by atoms with van der Waals surface area (Å²) in [4.78, 5) is 4.46. The zero-order valence-electron chi connectivity index (χ0n) is 14.5. The van der Waals surface area contributed by atoms with E-state index in [-0.39, 0.29) is 10.8 Å². The number of rotatable bonds is 5. The Balaban J connectivity index is 1.85. The lowest BCUT2D eigenvalue weighted by molar-refractivity contribution is 0.0898. The number of pyridine rings is 1. The van der Waals surface area contributed by atoms with Crippen LogP contribution in [0.15, 0.2) is 23.4 Å². The maximum Gasteiger partial charge on any atom is 0.197 e. The fourth-order valence-corrected chi connectivity index (χ4v) is 4.85. The highest BCUT2D eigenvalue weighted by atomic mass is 32.2. The maximum atomic E-state index is 12.4. The molecule has 0 bridgehead atoms. The molecule has 1 aliphatic rings. The third-order valence-electron chi connectivity index (χ3n) is 4.13. The van der Waals surface area contributed by atoms with Crippen LogP contribution in [-0.4, -0.2) is 44.9 Å². The standard InChI is InChI=1S/C16H25N3O3SSi/c1-24(2,3)10-8-22-12-19-7-5-13-11-14-16(18-15(13)19)23(20,21)9-4-6-17-14/h5,7,11,17H,4,6,8-10,12H2,1-3H3. The molecule has 0 unspecified atom stereocenters. The van der Waals surface area contributed by atoms with E-state index in [0.717, 1.165) is 18.0 Å². The van der Waals surface area contributed by atoms with Crippen molar-refractivity contribution in [2.24, 2.45) is 0 Å². The Kier molecular flexibility index (Phi) is 4.72. The van der Waals surface area contributed by atoms with Gasteiger partial charge in [0.2, 0.25) is 0 Å². The van der Waals surface area contributed by atoms with Gasteiger partial charge in [0, 0.05) is 32.8 Å². The Bertz CT molecular complexity index is 840. The SMILES string of the molecule is C[Si](C)(C)CCOCn1ccc2cc3c(nc21)S(=O)(=O)CCCN3. The second-order valence-electron chi connectivity index (χ2n) is 7.49. The number of hydrogen-bond donors (Lipinski definition) is 1. The second-order valence-corrected chi connectivity index (χ2v) is 15.1. The van der Waals surface area contributed by atoms with E-state index in [2.05, 4.69) is 29.9 Å². The van der Waals surface area contributed by atoms with Gasteiger partial charge in [-0.25, -0.2) is 13.4 Å². The van der Waals surface area contributed by atoms with E-state index in [1.807, 2.05) is 22.9 Å². The number of hydrogen-bond acceptors (Lipinski definition) is 5. The quantitative estimate of drug-likeness (QED) is 0.650. The first-order chi connectivity index (χ1) is 11.3. The first-order valence-corrected chi connectivity index (χ1v) is 13.7. The van der Waals surface area contributed by atoms with Gasteiger partial charge in [-0.2, -0.15) is 0 Å². The summed E-state index contributed by atoms with van der Waals surface area (Å²) in [6.07, 6.45) is 2.50. The molecule has 24 heavy (non-hydrogen) atoms.